The molecule has 1 aliphatic carbocycles. The number of hydrogen-bond donors (Lipinski definition) is 1. The smallest absolute Gasteiger partial charge is 0.231 e. The third kappa shape index (κ3) is 4.46. The Bertz CT molecular complexity index is 953. The summed E-state index contributed by atoms with van der Waals surface area (Å²) in [7, 11) is 0. The Balaban J connectivity index is 1.20. The van der Waals surface area contributed by atoms with Gasteiger partial charge in [0.1, 0.15) is 0 Å². The second-order valence-electron chi connectivity index (χ2n) is 8.74. The van der Waals surface area contributed by atoms with E-state index in [2.05, 4.69) is 31.9 Å². The van der Waals surface area contributed by atoms with Crippen molar-refractivity contribution in [1.82, 2.24) is 20.1 Å². The minimum atomic E-state index is -0.116. The fourth-order valence-electron chi connectivity index (χ4n) is 4.12. The summed E-state index contributed by atoms with van der Waals surface area (Å²) >= 11 is 1.47. The van der Waals surface area contributed by atoms with E-state index in [0.717, 1.165) is 60.0 Å². The number of nitrogens with zero attached hydrogens (tertiary/aromatic N) is 4. The predicted molar refractivity (Wildman–Crippen MR) is 119 cm³/mol. The summed E-state index contributed by atoms with van der Waals surface area (Å²) in [5.74, 6) is 3.52. The van der Waals surface area contributed by atoms with Gasteiger partial charge in [0.05, 0.1) is 11.8 Å². The van der Waals surface area contributed by atoms with E-state index < -0.39 is 0 Å². The molecule has 5 rings (SSSR count). The molecule has 1 saturated carbocycles. The molecule has 0 bridgehead atoms. The van der Waals surface area contributed by atoms with Crippen molar-refractivity contribution in [2.45, 2.75) is 56.8 Å². The Hall–Kier alpha value is -2.42. The monoisotopic (exact) mass is 443 g/mol. The van der Waals surface area contributed by atoms with Crippen molar-refractivity contribution in [3.63, 3.8) is 0 Å². The number of aromatic nitrogens is 3. The van der Waals surface area contributed by atoms with Crippen LogP contribution in [0.1, 0.15) is 57.2 Å². The number of nitrogens with one attached hydrogen (secondary N) is 1. The number of ether oxygens (including phenoxy) is 2. The van der Waals surface area contributed by atoms with Gasteiger partial charge >= 0.3 is 0 Å². The molecule has 1 aromatic heterocycles. The first-order valence-electron chi connectivity index (χ1n) is 11.1. The lowest BCUT2D eigenvalue weighted by Gasteiger charge is -2.31. The molecule has 2 aliphatic heterocycles. The second-order valence-corrected chi connectivity index (χ2v) is 9.69. The normalized spacial score (nSPS) is 19.5. The Morgan fingerprint density at radius 3 is 2.74 bits per heavy atom. The van der Waals surface area contributed by atoms with E-state index in [9.17, 15) is 4.79 Å². The van der Waals surface area contributed by atoms with Gasteiger partial charge in [0.2, 0.25) is 18.6 Å². The molecule has 1 saturated heterocycles. The molecule has 8 nitrogen and oxygen atoms in total. The fourth-order valence-corrected chi connectivity index (χ4v) is 4.94. The first kappa shape index (κ1) is 20.5. The summed E-state index contributed by atoms with van der Waals surface area (Å²) in [6.45, 7) is 6.60. The largest absolute Gasteiger partial charge is 0.454 e. The molecule has 3 aliphatic rings. The van der Waals surface area contributed by atoms with Gasteiger partial charge in [0.15, 0.2) is 16.7 Å². The van der Waals surface area contributed by atoms with Crippen molar-refractivity contribution in [3.8, 4) is 11.5 Å². The van der Waals surface area contributed by atoms with Gasteiger partial charge in [-0.15, -0.1) is 10.2 Å². The van der Waals surface area contributed by atoms with Crippen LogP contribution in [0.15, 0.2) is 23.4 Å². The van der Waals surface area contributed by atoms with Crippen molar-refractivity contribution in [2.75, 3.05) is 30.5 Å². The maximum Gasteiger partial charge on any atom is 0.231 e. The number of anilines is 1. The van der Waals surface area contributed by atoms with Gasteiger partial charge in [0, 0.05) is 19.1 Å². The number of fused-ring (bicyclic) bond motifs is 1. The van der Waals surface area contributed by atoms with Crippen LogP contribution in [0, 0.1) is 5.92 Å². The van der Waals surface area contributed by atoms with E-state index >= 15 is 0 Å². The first-order chi connectivity index (χ1) is 15.1. The summed E-state index contributed by atoms with van der Waals surface area (Å²) in [6, 6.07) is 6.13. The Kier molecular flexibility index (Phi) is 5.69. The van der Waals surface area contributed by atoms with Crippen molar-refractivity contribution in [2.24, 2.45) is 5.92 Å². The predicted octanol–water partition coefficient (Wildman–Crippen LogP) is 3.55. The van der Waals surface area contributed by atoms with Gasteiger partial charge in [0.25, 0.3) is 0 Å². The highest BCUT2D eigenvalue weighted by Crippen LogP contribution is 2.41. The van der Waals surface area contributed by atoms with E-state index in [1.165, 1.54) is 24.6 Å². The number of thioether (sulfide) groups is 1. The molecule has 2 fully saturated rings. The van der Waals surface area contributed by atoms with Crippen LogP contribution >= 0.6 is 11.8 Å². The molecule has 1 aromatic carbocycles. The molecule has 1 amide bonds. The zero-order chi connectivity index (χ0) is 21.4. The van der Waals surface area contributed by atoms with Crippen LogP contribution in [0.25, 0.3) is 0 Å². The quantitative estimate of drug-likeness (QED) is 0.656. The molecule has 9 heteroatoms. The number of benzene rings is 1. The van der Waals surface area contributed by atoms with E-state index in [1.807, 2.05) is 25.1 Å². The minimum Gasteiger partial charge on any atom is -0.454 e. The van der Waals surface area contributed by atoms with Gasteiger partial charge < -0.3 is 19.7 Å². The number of piperidine rings is 1. The molecule has 1 N–H and O–H groups in total. The number of carbonyl (C=O) groups excluding carboxylic acids is 1. The molecular formula is C22H29N5O3S. The molecule has 3 heterocycles. The third-order valence-electron chi connectivity index (χ3n) is 6.23. The number of hydrogen-bond acceptors (Lipinski definition) is 7. The zero-order valence-electron chi connectivity index (χ0n) is 18.0. The Morgan fingerprint density at radius 2 is 1.97 bits per heavy atom. The molecule has 0 unspecified atom stereocenters. The van der Waals surface area contributed by atoms with E-state index in [1.54, 1.807) is 0 Å². The van der Waals surface area contributed by atoms with Crippen molar-refractivity contribution >= 4 is 23.6 Å². The Labute approximate surface area is 186 Å². The van der Waals surface area contributed by atoms with E-state index in [0.29, 0.717) is 11.8 Å². The highest BCUT2D eigenvalue weighted by Gasteiger charge is 2.32. The van der Waals surface area contributed by atoms with Crippen LogP contribution in [0.4, 0.5) is 5.95 Å². The highest BCUT2D eigenvalue weighted by molar-refractivity contribution is 7.99. The topological polar surface area (TPSA) is 81.5 Å². The summed E-state index contributed by atoms with van der Waals surface area (Å²) < 4.78 is 13.1. The standard InChI is InChI=1S/C22H29N5O3S/c1-14-7-9-26(10-8-14)21-24-25-22(27(21)17-4-5-17)31-12-20(28)23-15(2)16-3-6-18-19(11-16)30-13-29-18/h3,6,11,14-15,17H,4-5,7-10,12-13H2,1-2H3,(H,23,28)/t15-/m1/s1. The van der Waals surface area contributed by atoms with Crippen LogP contribution in [0.2, 0.25) is 0 Å². The molecule has 31 heavy (non-hydrogen) atoms. The lowest BCUT2D eigenvalue weighted by atomic mass is 10.00. The van der Waals surface area contributed by atoms with E-state index in [-0.39, 0.29) is 18.7 Å². The van der Waals surface area contributed by atoms with Crippen LogP contribution in [-0.4, -0.2) is 46.3 Å². The van der Waals surface area contributed by atoms with Crippen LogP contribution in [0.5, 0.6) is 11.5 Å². The van der Waals surface area contributed by atoms with Crippen LogP contribution < -0.4 is 19.7 Å². The maximum absolute atomic E-state index is 12.6. The third-order valence-corrected chi connectivity index (χ3v) is 7.17. The molecule has 0 spiro atoms. The lowest BCUT2D eigenvalue weighted by Crippen LogP contribution is -2.34. The summed E-state index contributed by atoms with van der Waals surface area (Å²) in [4.78, 5) is 15.0. The average Bonchev–Trinajstić information content (AvgIpc) is 3.34. The molecule has 2 aromatic rings. The molecular weight excluding hydrogens is 414 g/mol. The van der Waals surface area contributed by atoms with Crippen molar-refractivity contribution in [1.29, 1.82) is 0 Å². The minimum absolute atomic E-state index is 0.0196. The molecule has 166 valence electrons. The summed E-state index contributed by atoms with van der Waals surface area (Å²) in [5, 5.41) is 12.9. The van der Waals surface area contributed by atoms with E-state index in [4.69, 9.17) is 9.47 Å². The van der Waals surface area contributed by atoms with Gasteiger partial charge in [-0.2, -0.15) is 0 Å². The molecule has 1 atom stereocenters. The van der Waals surface area contributed by atoms with Gasteiger partial charge in [-0.3, -0.25) is 9.36 Å². The summed E-state index contributed by atoms with van der Waals surface area (Å²) in [6.07, 6.45) is 4.71. The average molecular weight is 444 g/mol. The number of amides is 1. The van der Waals surface area contributed by atoms with Gasteiger partial charge in [-0.05, 0) is 56.2 Å². The molecule has 0 radical (unpaired) electrons. The lowest BCUT2D eigenvalue weighted by molar-refractivity contribution is -0.119. The maximum atomic E-state index is 12.6. The zero-order valence-corrected chi connectivity index (χ0v) is 18.9. The Morgan fingerprint density at radius 1 is 1.19 bits per heavy atom. The second kappa shape index (κ2) is 8.61. The SMILES string of the molecule is CC1CCN(c2nnc(SCC(=O)N[C@H](C)c3ccc4c(c3)OCO4)n2C2CC2)CC1. The van der Waals surface area contributed by atoms with Crippen molar-refractivity contribution < 1.29 is 14.3 Å². The van der Waals surface area contributed by atoms with Crippen molar-refractivity contribution in [3.05, 3.63) is 23.8 Å². The highest BCUT2D eigenvalue weighted by atomic mass is 32.2. The number of carbonyl (C=O) groups is 1. The fraction of sp³-hybridized carbons (Fsp3) is 0.591. The first-order valence-corrected chi connectivity index (χ1v) is 12.1. The van der Waals surface area contributed by atoms with Gasteiger partial charge in [-0.1, -0.05) is 24.8 Å². The van der Waals surface area contributed by atoms with Gasteiger partial charge in [-0.25, -0.2) is 0 Å². The summed E-state index contributed by atoms with van der Waals surface area (Å²) in [5.41, 5.74) is 0.991. The van der Waals surface area contributed by atoms with Crippen LogP contribution in [-0.2, 0) is 4.79 Å². The number of rotatable bonds is 7. The van der Waals surface area contributed by atoms with Crippen LogP contribution in [0.3, 0.4) is 0 Å².